The zero-order valence-corrected chi connectivity index (χ0v) is 11.3. The van der Waals surface area contributed by atoms with Crippen LogP contribution in [-0.4, -0.2) is 20.4 Å². The van der Waals surface area contributed by atoms with E-state index in [9.17, 15) is 14.4 Å². The highest BCUT2D eigenvalue weighted by atomic mass is 32.1. The van der Waals surface area contributed by atoms with Crippen LogP contribution in [0.5, 0.6) is 0 Å². The molecule has 0 amide bonds. The molecule has 1 aromatic heterocycles. The van der Waals surface area contributed by atoms with Crippen molar-refractivity contribution in [3.05, 3.63) is 61.4 Å². The first-order chi connectivity index (χ1) is 9.50. The molecule has 104 valence electrons. The van der Waals surface area contributed by atoms with Crippen molar-refractivity contribution in [2.45, 2.75) is 6.61 Å². The lowest BCUT2D eigenvalue weighted by atomic mass is 10.2. The molecule has 7 nitrogen and oxygen atoms in total. The lowest BCUT2D eigenvalue weighted by molar-refractivity contribution is 0.132. The first-order valence-electron chi connectivity index (χ1n) is 5.64. The third-order valence-corrected chi connectivity index (χ3v) is 2.95. The fourth-order valence-corrected chi connectivity index (χ4v) is 1.71. The monoisotopic (exact) mass is 293 g/mol. The molecule has 0 atom stereocenters. The summed E-state index contributed by atoms with van der Waals surface area (Å²) in [6.07, 6.45) is -0.960. The van der Waals surface area contributed by atoms with Gasteiger partial charge in [-0.2, -0.15) is 0 Å². The number of nitrogens with one attached hydrogen (secondary N) is 1. The lowest BCUT2D eigenvalue weighted by Crippen LogP contribution is -2.45. The molecule has 0 aliphatic rings. The van der Waals surface area contributed by atoms with Gasteiger partial charge in [0.1, 0.15) is 6.61 Å². The van der Waals surface area contributed by atoms with Gasteiger partial charge >= 0.3 is 17.2 Å². The van der Waals surface area contributed by atoms with E-state index in [0.717, 1.165) is 10.2 Å². The molecule has 0 saturated heterocycles. The quantitative estimate of drug-likeness (QED) is 0.653. The molecular formula is C12H11N3O4S. The van der Waals surface area contributed by atoms with E-state index in [1.165, 1.54) is 7.05 Å². The third-order valence-electron chi connectivity index (χ3n) is 2.58. The van der Waals surface area contributed by atoms with Gasteiger partial charge < -0.3 is 4.74 Å². The second kappa shape index (κ2) is 5.66. The van der Waals surface area contributed by atoms with Gasteiger partial charge in [0.2, 0.25) is 0 Å². The second-order valence-electron chi connectivity index (χ2n) is 3.94. The molecule has 20 heavy (non-hydrogen) atoms. The topological polar surface area (TPSA) is 86.1 Å². The number of nitrogens with zero attached hydrogens (tertiary/aromatic N) is 2. The highest BCUT2D eigenvalue weighted by Gasteiger charge is 2.14. The van der Waals surface area contributed by atoms with Crippen molar-refractivity contribution < 1.29 is 9.53 Å². The molecule has 0 aliphatic carbocycles. The summed E-state index contributed by atoms with van der Waals surface area (Å²) in [6, 6.07) is 8.96. The van der Waals surface area contributed by atoms with Gasteiger partial charge in [0, 0.05) is 7.05 Å². The Morgan fingerprint density at radius 2 is 1.95 bits per heavy atom. The fourth-order valence-electron chi connectivity index (χ4n) is 1.54. The van der Waals surface area contributed by atoms with Crippen molar-refractivity contribution in [1.82, 2.24) is 14.3 Å². The summed E-state index contributed by atoms with van der Waals surface area (Å²) in [7, 11) is 1.38. The summed E-state index contributed by atoms with van der Waals surface area (Å²) in [4.78, 5) is 37.0. The van der Waals surface area contributed by atoms with Crippen molar-refractivity contribution in [2.24, 2.45) is 7.05 Å². The Morgan fingerprint density at radius 3 is 2.60 bits per heavy atom. The van der Waals surface area contributed by atoms with Crippen LogP contribution < -0.4 is 11.1 Å². The Morgan fingerprint density at radius 1 is 1.30 bits per heavy atom. The summed E-state index contributed by atoms with van der Waals surface area (Å²) >= 11 is 4.82. The Kier molecular flexibility index (Phi) is 3.94. The van der Waals surface area contributed by atoms with Gasteiger partial charge in [-0.15, -0.1) is 4.68 Å². The van der Waals surface area contributed by atoms with Gasteiger partial charge in [0.25, 0.3) is 0 Å². The van der Waals surface area contributed by atoms with Crippen molar-refractivity contribution in [3.63, 3.8) is 0 Å². The van der Waals surface area contributed by atoms with Crippen LogP contribution in [0.4, 0.5) is 4.79 Å². The fraction of sp³-hybridized carbons (Fsp3) is 0.167. The highest BCUT2D eigenvalue weighted by Crippen LogP contribution is 2.01. The first-order valence-corrected chi connectivity index (χ1v) is 6.05. The van der Waals surface area contributed by atoms with E-state index >= 15 is 0 Å². The largest absolute Gasteiger partial charge is 0.443 e. The van der Waals surface area contributed by atoms with Crippen LogP contribution in [0.15, 0.2) is 39.9 Å². The van der Waals surface area contributed by atoms with E-state index in [-0.39, 0.29) is 11.4 Å². The van der Waals surface area contributed by atoms with Crippen molar-refractivity contribution >= 4 is 18.3 Å². The van der Waals surface area contributed by atoms with Crippen LogP contribution in [0, 0.1) is 4.77 Å². The number of rotatable bonds is 2. The molecule has 0 saturated carbocycles. The highest BCUT2D eigenvalue weighted by molar-refractivity contribution is 7.71. The lowest BCUT2D eigenvalue weighted by Gasteiger charge is -2.10. The molecule has 2 aromatic rings. The van der Waals surface area contributed by atoms with Gasteiger partial charge in [-0.3, -0.25) is 19.3 Å². The van der Waals surface area contributed by atoms with Gasteiger partial charge in [-0.05, 0) is 17.8 Å². The number of aromatic nitrogens is 3. The SMILES string of the molecule is Cn1c(=S)[nH]c(=O)c(=O)n1C(=O)OCc1ccccc1. The van der Waals surface area contributed by atoms with Gasteiger partial charge in [-0.1, -0.05) is 30.3 Å². The minimum Gasteiger partial charge on any atom is -0.443 e. The molecule has 1 aromatic carbocycles. The number of H-pyrrole nitrogens is 1. The Balaban J connectivity index is 2.29. The van der Waals surface area contributed by atoms with Gasteiger partial charge in [0.05, 0.1) is 0 Å². The van der Waals surface area contributed by atoms with Gasteiger partial charge in [-0.25, -0.2) is 4.79 Å². The van der Waals surface area contributed by atoms with Crippen LogP contribution in [-0.2, 0) is 18.4 Å². The second-order valence-corrected chi connectivity index (χ2v) is 4.33. The summed E-state index contributed by atoms with van der Waals surface area (Å²) in [6.45, 7) is -0.00826. The number of aromatic amines is 1. The maximum Gasteiger partial charge on any atom is 0.437 e. The average molecular weight is 293 g/mol. The zero-order chi connectivity index (χ0) is 14.7. The number of hydrogen-bond acceptors (Lipinski definition) is 5. The summed E-state index contributed by atoms with van der Waals surface area (Å²) < 4.78 is 6.55. The summed E-state index contributed by atoms with van der Waals surface area (Å²) in [5, 5.41) is 0. The molecular weight excluding hydrogens is 282 g/mol. The predicted molar refractivity (Wildman–Crippen MR) is 73.2 cm³/mol. The maximum atomic E-state index is 11.9. The average Bonchev–Trinajstić information content (AvgIpc) is 2.44. The minimum absolute atomic E-state index is 0.00826. The van der Waals surface area contributed by atoms with E-state index in [4.69, 9.17) is 17.0 Å². The Bertz CT molecular complexity index is 804. The Labute approximate surface area is 118 Å². The molecule has 0 radical (unpaired) electrons. The molecule has 0 unspecified atom stereocenters. The molecule has 1 heterocycles. The minimum atomic E-state index is -1.04. The van der Waals surface area contributed by atoms with Gasteiger partial charge in [0.15, 0.2) is 4.77 Å². The van der Waals surface area contributed by atoms with E-state index in [1.54, 1.807) is 24.3 Å². The van der Waals surface area contributed by atoms with Crippen LogP contribution in [0.2, 0.25) is 0 Å². The zero-order valence-electron chi connectivity index (χ0n) is 10.5. The van der Waals surface area contributed by atoms with Crippen molar-refractivity contribution in [3.8, 4) is 0 Å². The van der Waals surface area contributed by atoms with Crippen molar-refractivity contribution in [2.75, 3.05) is 0 Å². The number of carbonyl (C=O) groups is 1. The maximum absolute atomic E-state index is 11.9. The predicted octanol–water partition coefficient (Wildman–Crippen LogP) is 0.789. The molecule has 8 heteroatoms. The standard InChI is InChI=1S/C12H11N3O4S/c1-14-11(20)13-9(16)10(17)15(14)12(18)19-7-8-5-3-2-4-6-8/h2-6H,7H2,1H3,(H,13,16,20). The van der Waals surface area contributed by atoms with E-state index in [1.807, 2.05) is 6.07 Å². The van der Waals surface area contributed by atoms with Crippen LogP contribution in [0.1, 0.15) is 5.56 Å². The summed E-state index contributed by atoms with van der Waals surface area (Å²) in [5.74, 6) is 0. The third kappa shape index (κ3) is 2.75. The van der Waals surface area contributed by atoms with E-state index in [2.05, 4.69) is 4.98 Å². The number of hydrogen-bond donors (Lipinski definition) is 1. The normalized spacial score (nSPS) is 10.2. The van der Waals surface area contributed by atoms with E-state index in [0.29, 0.717) is 4.68 Å². The smallest absolute Gasteiger partial charge is 0.437 e. The number of ether oxygens (including phenoxy) is 1. The first kappa shape index (κ1) is 13.9. The molecule has 2 rings (SSSR count). The number of carbonyl (C=O) groups excluding carboxylic acids is 1. The van der Waals surface area contributed by atoms with Crippen LogP contribution in [0.3, 0.4) is 0 Å². The molecule has 0 aliphatic heterocycles. The molecule has 0 fully saturated rings. The van der Waals surface area contributed by atoms with E-state index < -0.39 is 17.2 Å². The molecule has 1 N–H and O–H groups in total. The molecule has 0 spiro atoms. The van der Waals surface area contributed by atoms with Crippen molar-refractivity contribution in [1.29, 1.82) is 0 Å². The van der Waals surface area contributed by atoms with Crippen LogP contribution in [0.25, 0.3) is 0 Å². The molecule has 0 bridgehead atoms. The Hall–Kier alpha value is -2.48. The van der Waals surface area contributed by atoms with Crippen LogP contribution >= 0.6 is 12.2 Å². The summed E-state index contributed by atoms with van der Waals surface area (Å²) in [5.41, 5.74) is -1.25. The number of benzene rings is 1.